The molecule has 0 fully saturated rings. The maximum Gasteiger partial charge on any atom is 0.262 e. The number of hydrogen-bond donors (Lipinski definition) is 1. The normalized spacial score (nSPS) is 11.5. The number of hydrogen-bond acceptors (Lipinski definition) is 4. The predicted molar refractivity (Wildman–Crippen MR) is 106 cm³/mol. The van der Waals surface area contributed by atoms with Gasteiger partial charge in [-0.25, -0.2) is 12.8 Å². The molecule has 148 valence electrons. The Hall–Kier alpha value is -2.58. The monoisotopic (exact) mass is 423 g/mol. The summed E-state index contributed by atoms with van der Waals surface area (Å²) in [7, 11) is -2.31. The first-order chi connectivity index (χ1) is 13.2. The summed E-state index contributed by atoms with van der Waals surface area (Å²) < 4.78 is 48.6. The Balaban J connectivity index is 1.91. The minimum Gasteiger partial charge on any atom is -0.497 e. The Morgan fingerprint density at radius 3 is 2.46 bits per heavy atom. The van der Waals surface area contributed by atoms with E-state index in [2.05, 4.69) is 9.82 Å². The van der Waals surface area contributed by atoms with Crippen molar-refractivity contribution in [2.45, 2.75) is 25.3 Å². The van der Waals surface area contributed by atoms with E-state index in [1.54, 1.807) is 32.0 Å². The fourth-order valence-corrected chi connectivity index (χ4v) is 4.18. The SMILES string of the molecule is COc1ccc(S(=O)(=O)Nc2c(C)nn(Cc3c(F)cccc3Cl)c2C)cc1. The molecule has 0 radical (unpaired) electrons. The van der Waals surface area contributed by atoms with Crippen LogP contribution >= 0.6 is 11.6 Å². The molecule has 9 heteroatoms. The van der Waals surface area contributed by atoms with Gasteiger partial charge in [0.25, 0.3) is 10.0 Å². The van der Waals surface area contributed by atoms with Gasteiger partial charge in [-0.1, -0.05) is 17.7 Å². The summed E-state index contributed by atoms with van der Waals surface area (Å²) in [6.07, 6.45) is 0. The van der Waals surface area contributed by atoms with Crippen molar-refractivity contribution >= 4 is 27.3 Å². The molecule has 1 N–H and O–H groups in total. The number of benzene rings is 2. The van der Waals surface area contributed by atoms with E-state index >= 15 is 0 Å². The maximum absolute atomic E-state index is 14.1. The summed E-state index contributed by atoms with van der Waals surface area (Å²) in [6, 6.07) is 10.5. The van der Waals surface area contributed by atoms with Crippen molar-refractivity contribution in [2.24, 2.45) is 0 Å². The number of rotatable bonds is 6. The highest BCUT2D eigenvalue weighted by atomic mass is 35.5. The van der Waals surface area contributed by atoms with E-state index in [9.17, 15) is 12.8 Å². The van der Waals surface area contributed by atoms with Gasteiger partial charge >= 0.3 is 0 Å². The van der Waals surface area contributed by atoms with Crippen molar-refractivity contribution < 1.29 is 17.5 Å². The third-order valence-electron chi connectivity index (χ3n) is 4.36. The van der Waals surface area contributed by atoms with Gasteiger partial charge in [0.1, 0.15) is 11.6 Å². The minimum atomic E-state index is -3.82. The van der Waals surface area contributed by atoms with E-state index in [1.807, 2.05) is 0 Å². The highest BCUT2D eigenvalue weighted by Gasteiger charge is 2.21. The zero-order valence-corrected chi connectivity index (χ0v) is 17.1. The molecule has 0 bridgehead atoms. The second-order valence-corrected chi connectivity index (χ2v) is 8.27. The topological polar surface area (TPSA) is 73.2 Å². The molecule has 6 nitrogen and oxygen atoms in total. The highest BCUT2D eigenvalue weighted by molar-refractivity contribution is 7.92. The molecule has 1 heterocycles. The lowest BCUT2D eigenvalue weighted by Gasteiger charge is -2.10. The van der Waals surface area contributed by atoms with E-state index < -0.39 is 15.8 Å². The van der Waals surface area contributed by atoms with E-state index in [4.69, 9.17) is 16.3 Å². The van der Waals surface area contributed by atoms with Gasteiger partial charge in [-0.3, -0.25) is 9.40 Å². The lowest BCUT2D eigenvalue weighted by atomic mass is 10.2. The van der Waals surface area contributed by atoms with Gasteiger partial charge in [-0.05, 0) is 50.2 Å². The first kappa shape index (κ1) is 20.2. The van der Waals surface area contributed by atoms with Crippen molar-refractivity contribution in [3.8, 4) is 5.75 Å². The van der Waals surface area contributed by atoms with Crippen molar-refractivity contribution in [1.82, 2.24) is 9.78 Å². The van der Waals surface area contributed by atoms with Crippen molar-refractivity contribution in [1.29, 1.82) is 0 Å². The van der Waals surface area contributed by atoms with Crippen LogP contribution in [0.4, 0.5) is 10.1 Å². The summed E-state index contributed by atoms with van der Waals surface area (Å²) in [5.41, 5.74) is 1.67. The molecule has 0 saturated heterocycles. The lowest BCUT2D eigenvalue weighted by molar-refractivity contribution is 0.414. The molecule has 0 saturated carbocycles. The molecule has 0 aliphatic rings. The van der Waals surface area contributed by atoms with Crippen LogP contribution in [0, 0.1) is 19.7 Å². The quantitative estimate of drug-likeness (QED) is 0.646. The summed E-state index contributed by atoms with van der Waals surface area (Å²) >= 11 is 6.09. The van der Waals surface area contributed by atoms with Crippen LogP contribution in [-0.2, 0) is 16.6 Å². The van der Waals surface area contributed by atoms with Gasteiger partial charge in [0.05, 0.1) is 35.6 Å². The van der Waals surface area contributed by atoms with E-state index in [0.717, 1.165) is 0 Å². The van der Waals surface area contributed by atoms with Crippen LogP contribution in [0.2, 0.25) is 5.02 Å². The molecule has 0 atom stereocenters. The molecular formula is C19H19ClFN3O3S. The Bertz CT molecular complexity index is 1090. The van der Waals surface area contributed by atoms with E-state index in [-0.39, 0.29) is 16.5 Å². The van der Waals surface area contributed by atoms with Crippen molar-refractivity contribution in [3.05, 3.63) is 70.3 Å². The molecule has 0 spiro atoms. The first-order valence-electron chi connectivity index (χ1n) is 8.36. The second-order valence-electron chi connectivity index (χ2n) is 6.18. The Morgan fingerprint density at radius 1 is 1.18 bits per heavy atom. The van der Waals surface area contributed by atoms with E-state index in [0.29, 0.717) is 28.4 Å². The molecular weight excluding hydrogens is 405 g/mol. The number of methoxy groups -OCH3 is 1. The number of aryl methyl sites for hydroxylation is 1. The zero-order chi connectivity index (χ0) is 20.5. The average Bonchev–Trinajstić information content (AvgIpc) is 2.92. The first-order valence-corrected chi connectivity index (χ1v) is 10.2. The van der Waals surface area contributed by atoms with Gasteiger partial charge in [-0.2, -0.15) is 5.10 Å². The average molecular weight is 424 g/mol. The third-order valence-corrected chi connectivity index (χ3v) is 6.08. The second kappa shape index (κ2) is 7.81. The Morgan fingerprint density at radius 2 is 1.86 bits per heavy atom. The van der Waals surface area contributed by atoms with Crippen LogP contribution in [0.15, 0.2) is 47.4 Å². The van der Waals surface area contributed by atoms with Gasteiger partial charge in [0, 0.05) is 10.6 Å². The molecule has 0 amide bonds. The highest BCUT2D eigenvalue weighted by Crippen LogP contribution is 2.27. The molecule has 0 aliphatic heterocycles. The number of ether oxygens (including phenoxy) is 1. The summed E-state index contributed by atoms with van der Waals surface area (Å²) in [5, 5.41) is 4.62. The zero-order valence-electron chi connectivity index (χ0n) is 15.5. The van der Waals surface area contributed by atoms with E-state index in [1.165, 1.54) is 36.1 Å². The molecule has 1 aromatic heterocycles. The minimum absolute atomic E-state index is 0.0858. The summed E-state index contributed by atoms with van der Waals surface area (Å²) in [5.74, 6) is 0.112. The molecule has 3 rings (SSSR count). The molecule has 2 aromatic carbocycles. The number of halogens is 2. The number of nitrogens with zero attached hydrogens (tertiary/aromatic N) is 2. The number of aromatic nitrogens is 2. The van der Waals surface area contributed by atoms with Crippen LogP contribution in [0.1, 0.15) is 17.0 Å². The maximum atomic E-state index is 14.1. The number of anilines is 1. The largest absolute Gasteiger partial charge is 0.497 e. The van der Waals surface area contributed by atoms with Crippen LogP contribution in [-0.4, -0.2) is 25.3 Å². The predicted octanol–water partition coefficient (Wildman–Crippen LogP) is 4.15. The molecule has 0 aliphatic carbocycles. The van der Waals surface area contributed by atoms with Crippen LogP contribution < -0.4 is 9.46 Å². The molecule has 3 aromatic rings. The standard InChI is InChI=1S/C19H19ClFN3O3S/c1-12-19(23-28(25,26)15-9-7-14(27-3)8-10-15)13(2)24(22-12)11-16-17(20)5-4-6-18(16)21/h4-10,23H,11H2,1-3H3. The fourth-order valence-electron chi connectivity index (χ4n) is 2.78. The smallest absolute Gasteiger partial charge is 0.262 e. The van der Waals surface area contributed by atoms with Crippen molar-refractivity contribution in [2.75, 3.05) is 11.8 Å². The van der Waals surface area contributed by atoms with Crippen LogP contribution in [0.3, 0.4) is 0 Å². The molecule has 28 heavy (non-hydrogen) atoms. The van der Waals surface area contributed by atoms with Gasteiger partial charge in [0.15, 0.2) is 0 Å². The Labute approximate surface area is 168 Å². The summed E-state index contributed by atoms with van der Waals surface area (Å²) in [4.78, 5) is 0.0944. The van der Waals surface area contributed by atoms with Crippen LogP contribution in [0.5, 0.6) is 5.75 Å². The van der Waals surface area contributed by atoms with Crippen LogP contribution in [0.25, 0.3) is 0 Å². The van der Waals surface area contributed by atoms with Crippen molar-refractivity contribution in [3.63, 3.8) is 0 Å². The third kappa shape index (κ3) is 3.98. The Kier molecular flexibility index (Phi) is 5.62. The fraction of sp³-hybridized carbons (Fsp3) is 0.211. The molecule has 0 unspecified atom stereocenters. The summed E-state index contributed by atoms with van der Waals surface area (Å²) in [6.45, 7) is 3.47. The lowest BCUT2D eigenvalue weighted by Crippen LogP contribution is -2.14. The van der Waals surface area contributed by atoms with Gasteiger partial charge < -0.3 is 4.74 Å². The van der Waals surface area contributed by atoms with Gasteiger partial charge in [0.2, 0.25) is 0 Å². The van der Waals surface area contributed by atoms with Gasteiger partial charge in [-0.15, -0.1) is 0 Å². The number of sulfonamides is 1. The number of nitrogens with one attached hydrogen (secondary N) is 1.